The lowest BCUT2D eigenvalue weighted by atomic mass is 9.85. The molecule has 0 radical (unpaired) electrons. The Bertz CT molecular complexity index is 1480. The molecule has 2 fully saturated rings. The number of aromatic hydroxyl groups is 1. The van der Waals surface area contributed by atoms with Crippen molar-refractivity contribution in [1.29, 1.82) is 0 Å². The number of unbranched alkanes of at least 4 members (excludes halogenated alkanes) is 2. The number of carboxylic acid groups (broad SMARTS) is 1. The predicted octanol–water partition coefficient (Wildman–Crippen LogP) is 6.66. The van der Waals surface area contributed by atoms with Gasteiger partial charge in [-0.15, -0.1) is 6.58 Å². The molecule has 11 nitrogen and oxygen atoms in total. The molecule has 0 bridgehead atoms. The third-order valence-electron chi connectivity index (χ3n) is 9.50. The van der Waals surface area contributed by atoms with Crippen LogP contribution in [0.3, 0.4) is 0 Å². The summed E-state index contributed by atoms with van der Waals surface area (Å²) >= 11 is 0. The Labute approximate surface area is 284 Å². The van der Waals surface area contributed by atoms with Crippen molar-refractivity contribution in [3.8, 4) is 11.6 Å². The summed E-state index contributed by atoms with van der Waals surface area (Å²) in [5, 5.41) is 22.1. The number of nitrogens with one attached hydrogen (secondary N) is 1. The van der Waals surface area contributed by atoms with Crippen LogP contribution in [0.2, 0.25) is 0 Å². The lowest BCUT2D eigenvalue weighted by Gasteiger charge is -2.35. The molecule has 6 atom stereocenters. The van der Waals surface area contributed by atoms with Crippen LogP contribution in [0.25, 0.3) is 11.0 Å². The summed E-state index contributed by atoms with van der Waals surface area (Å²) < 4.78 is 12.3. The van der Waals surface area contributed by atoms with Crippen molar-refractivity contribution in [1.82, 2.24) is 20.2 Å². The molecule has 2 aliphatic rings. The van der Waals surface area contributed by atoms with Gasteiger partial charge in [-0.05, 0) is 82.3 Å². The van der Waals surface area contributed by atoms with Gasteiger partial charge in [0.25, 0.3) is 0 Å². The van der Waals surface area contributed by atoms with Gasteiger partial charge in [0, 0.05) is 12.0 Å². The Morgan fingerprint density at radius 2 is 1.81 bits per heavy atom. The van der Waals surface area contributed by atoms with Crippen LogP contribution in [0, 0.1) is 23.2 Å². The fourth-order valence-corrected chi connectivity index (χ4v) is 6.93. The van der Waals surface area contributed by atoms with Crippen molar-refractivity contribution in [2.45, 2.75) is 124 Å². The van der Waals surface area contributed by atoms with E-state index in [0.29, 0.717) is 34.9 Å². The maximum Gasteiger partial charge on any atom is 0.405 e. The molecule has 1 saturated heterocycles. The zero-order chi connectivity index (χ0) is 35.4. The number of likely N-dealkylation sites (tertiary alicyclic amines) is 1. The quantitative estimate of drug-likeness (QED) is 0.128. The molecule has 0 spiro atoms. The van der Waals surface area contributed by atoms with Crippen LogP contribution in [-0.2, 0) is 20.7 Å². The summed E-state index contributed by atoms with van der Waals surface area (Å²) in [6.45, 7) is 16.4. The molecule has 2 heterocycles. The number of hydrogen-bond acceptors (Lipinski definition) is 8. The topological polar surface area (TPSA) is 151 Å². The molecule has 2 amide bonds. The molecule has 6 unspecified atom stereocenters. The molecule has 2 aromatic rings. The number of aromatic nitrogens is 2. The number of carbonyl (C=O) groups is 3. The van der Waals surface area contributed by atoms with Gasteiger partial charge in [0.05, 0.1) is 17.6 Å². The summed E-state index contributed by atoms with van der Waals surface area (Å²) in [5.41, 5.74) is 0.184. The molecule has 1 aliphatic carbocycles. The van der Waals surface area contributed by atoms with Crippen molar-refractivity contribution in [2.24, 2.45) is 23.2 Å². The van der Waals surface area contributed by atoms with Crippen LogP contribution in [0.15, 0.2) is 30.9 Å². The van der Waals surface area contributed by atoms with E-state index in [4.69, 9.17) is 19.4 Å². The van der Waals surface area contributed by atoms with E-state index < -0.39 is 53.1 Å². The second kappa shape index (κ2) is 15.1. The highest BCUT2D eigenvalue weighted by molar-refractivity contribution is 5.91. The van der Waals surface area contributed by atoms with Gasteiger partial charge in [0.2, 0.25) is 11.8 Å². The number of nitrogens with zero attached hydrogens (tertiary/aromatic N) is 3. The first-order valence-corrected chi connectivity index (χ1v) is 17.3. The van der Waals surface area contributed by atoms with E-state index in [1.807, 2.05) is 6.92 Å². The summed E-state index contributed by atoms with van der Waals surface area (Å²) in [4.78, 5) is 50.4. The van der Waals surface area contributed by atoms with Crippen LogP contribution >= 0.6 is 0 Å². The maximum atomic E-state index is 14.0. The fraction of sp³-hybridized carbons (Fsp3) is 0.649. The SMILES string of the molecule is C=CC1CCC(CCCCCc2nc3ccc(O)cc3nc2OC2CN(C(=O)C(NC(=O)O)C(C)(C)C)C(C(=O)OC(C)(C)C)C2C)C1. The van der Waals surface area contributed by atoms with E-state index in [0.717, 1.165) is 25.2 Å². The minimum absolute atomic E-state index is 0.0179. The molecule has 1 aromatic carbocycles. The number of rotatable bonds is 12. The highest BCUT2D eigenvalue weighted by Gasteiger charge is 2.51. The van der Waals surface area contributed by atoms with Crippen LogP contribution in [0.4, 0.5) is 4.79 Å². The summed E-state index contributed by atoms with van der Waals surface area (Å²) in [5.74, 6) is 0.114. The lowest BCUT2D eigenvalue weighted by Crippen LogP contribution is -2.57. The second-order valence-electron chi connectivity index (χ2n) is 15.7. The summed E-state index contributed by atoms with van der Waals surface area (Å²) in [7, 11) is 0. The fourth-order valence-electron chi connectivity index (χ4n) is 6.93. The molecule has 264 valence electrons. The van der Waals surface area contributed by atoms with Gasteiger partial charge in [-0.1, -0.05) is 53.0 Å². The minimum atomic E-state index is -1.33. The van der Waals surface area contributed by atoms with Crippen LogP contribution in [0.1, 0.15) is 99.1 Å². The number of phenols is 1. The number of allylic oxidation sites excluding steroid dienone is 1. The van der Waals surface area contributed by atoms with E-state index in [1.54, 1.807) is 53.7 Å². The second-order valence-corrected chi connectivity index (χ2v) is 15.7. The third kappa shape index (κ3) is 9.38. The monoisotopic (exact) mass is 666 g/mol. The first-order valence-electron chi connectivity index (χ1n) is 17.3. The smallest absolute Gasteiger partial charge is 0.405 e. The predicted molar refractivity (Wildman–Crippen MR) is 184 cm³/mol. The molecular formula is C37H54N4O7. The molecule has 1 aliphatic heterocycles. The first kappa shape index (κ1) is 36.9. The number of fused-ring (bicyclic) bond motifs is 1. The number of aryl methyl sites for hydroxylation is 1. The maximum absolute atomic E-state index is 14.0. The van der Waals surface area contributed by atoms with Gasteiger partial charge >= 0.3 is 12.1 Å². The number of benzene rings is 1. The van der Waals surface area contributed by atoms with Gasteiger partial charge < -0.3 is 29.9 Å². The Balaban J connectivity index is 1.58. The van der Waals surface area contributed by atoms with Gasteiger partial charge in [0.1, 0.15) is 35.2 Å². The van der Waals surface area contributed by atoms with Crippen molar-refractivity contribution in [3.63, 3.8) is 0 Å². The zero-order valence-electron chi connectivity index (χ0n) is 29.6. The lowest BCUT2D eigenvalue weighted by molar-refractivity contribution is -0.165. The highest BCUT2D eigenvalue weighted by atomic mass is 16.6. The number of ether oxygens (including phenoxy) is 2. The van der Waals surface area contributed by atoms with E-state index in [-0.39, 0.29) is 12.3 Å². The van der Waals surface area contributed by atoms with E-state index in [2.05, 4.69) is 18.0 Å². The first-order chi connectivity index (χ1) is 22.5. The Morgan fingerprint density at radius 3 is 2.44 bits per heavy atom. The van der Waals surface area contributed by atoms with E-state index in [1.165, 1.54) is 36.6 Å². The molecule has 4 rings (SSSR count). The van der Waals surface area contributed by atoms with Crippen molar-refractivity contribution >= 4 is 29.0 Å². The number of esters is 1. The normalized spacial score (nSPS) is 23.6. The number of carbonyl (C=O) groups excluding carboxylic acids is 2. The van der Waals surface area contributed by atoms with Crippen molar-refractivity contribution in [3.05, 3.63) is 36.5 Å². The van der Waals surface area contributed by atoms with Gasteiger partial charge in [-0.25, -0.2) is 19.6 Å². The highest BCUT2D eigenvalue weighted by Crippen LogP contribution is 2.36. The molecule has 48 heavy (non-hydrogen) atoms. The number of amides is 2. The van der Waals surface area contributed by atoms with Crippen molar-refractivity contribution < 1.29 is 34.1 Å². The van der Waals surface area contributed by atoms with Crippen molar-refractivity contribution in [2.75, 3.05) is 6.54 Å². The van der Waals surface area contributed by atoms with E-state index >= 15 is 0 Å². The Hall–Kier alpha value is -3.89. The van der Waals surface area contributed by atoms with Crippen LogP contribution in [-0.4, -0.2) is 73.4 Å². The Kier molecular flexibility index (Phi) is 11.6. The van der Waals surface area contributed by atoms with Gasteiger partial charge in [-0.3, -0.25) is 4.79 Å². The van der Waals surface area contributed by atoms with Crippen LogP contribution < -0.4 is 10.1 Å². The summed E-state index contributed by atoms with van der Waals surface area (Å²) in [6.07, 6.45) is 8.73. The summed E-state index contributed by atoms with van der Waals surface area (Å²) in [6, 6.07) is 2.70. The van der Waals surface area contributed by atoms with E-state index in [9.17, 15) is 24.6 Å². The molecular weight excluding hydrogens is 612 g/mol. The average Bonchev–Trinajstić information content (AvgIpc) is 3.58. The van der Waals surface area contributed by atoms with Gasteiger partial charge in [-0.2, -0.15) is 0 Å². The molecule has 1 saturated carbocycles. The molecule has 1 aromatic heterocycles. The average molecular weight is 667 g/mol. The molecule has 11 heteroatoms. The van der Waals surface area contributed by atoms with Crippen LogP contribution in [0.5, 0.6) is 11.6 Å². The largest absolute Gasteiger partial charge is 0.508 e. The minimum Gasteiger partial charge on any atom is -0.508 e. The number of phenolic OH excluding ortho intramolecular Hbond substituents is 1. The Morgan fingerprint density at radius 1 is 1.08 bits per heavy atom. The zero-order valence-corrected chi connectivity index (χ0v) is 29.6. The number of hydrogen-bond donors (Lipinski definition) is 3. The third-order valence-corrected chi connectivity index (χ3v) is 9.50. The standard InChI is InChI=1S/C37H54N4O7/c1-9-23-15-16-24(19-23)13-11-10-12-14-27-32(39-28-20-25(42)17-18-26(28)38-27)47-29-21-41(30(22(29)2)34(44)48-37(6,7)8)33(43)31(36(3,4)5)40-35(45)46/h9,17-18,20,22-24,29-31,40,42H,1,10-16,19,21H2,2-8H3,(H,45,46). The molecule has 3 N–H and O–H groups in total. The van der Waals surface area contributed by atoms with Gasteiger partial charge in [0.15, 0.2) is 0 Å².